The van der Waals surface area contributed by atoms with Gasteiger partial charge in [-0.25, -0.2) is 0 Å². The predicted octanol–water partition coefficient (Wildman–Crippen LogP) is 4.73. The SMILES string of the molecule is COc1cc(C2/C(=C(\O)c3ccncc3)C(=O)C(=O)N2Cc2ccco2)ccc1OCCC(C)C. The van der Waals surface area contributed by atoms with Gasteiger partial charge in [0.25, 0.3) is 11.7 Å². The first-order chi connectivity index (χ1) is 16.9. The van der Waals surface area contributed by atoms with Crippen molar-refractivity contribution in [3.05, 3.63) is 83.6 Å². The van der Waals surface area contributed by atoms with Crippen molar-refractivity contribution in [2.24, 2.45) is 5.92 Å². The summed E-state index contributed by atoms with van der Waals surface area (Å²) in [5.74, 6) is 0.281. The second-order valence-electron chi connectivity index (χ2n) is 8.68. The summed E-state index contributed by atoms with van der Waals surface area (Å²) in [6.07, 6.45) is 5.41. The van der Waals surface area contributed by atoms with E-state index in [-0.39, 0.29) is 17.9 Å². The number of aliphatic hydroxyl groups excluding tert-OH is 1. The van der Waals surface area contributed by atoms with Crippen LogP contribution in [-0.2, 0) is 16.1 Å². The molecule has 1 aromatic carbocycles. The van der Waals surface area contributed by atoms with Crippen molar-refractivity contribution in [2.75, 3.05) is 13.7 Å². The average molecular weight is 477 g/mol. The van der Waals surface area contributed by atoms with E-state index in [0.29, 0.717) is 40.9 Å². The van der Waals surface area contributed by atoms with E-state index in [4.69, 9.17) is 13.9 Å². The molecule has 1 aliphatic heterocycles. The van der Waals surface area contributed by atoms with E-state index in [1.165, 1.54) is 30.7 Å². The van der Waals surface area contributed by atoms with E-state index >= 15 is 0 Å². The fourth-order valence-electron chi connectivity index (χ4n) is 4.00. The lowest BCUT2D eigenvalue weighted by molar-refractivity contribution is -0.140. The van der Waals surface area contributed by atoms with Crippen LogP contribution in [0.5, 0.6) is 11.5 Å². The van der Waals surface area contributed by atoms with Crippen LogP contribution in [0, 0.1) is 5.92 Å². The normalized spacial score (nSPS) is 17.3. The average Bonchev–Trinajstić information content (AvgIpc) is 3.46. The molecule has 1 unspecified atom stereocenters. The van der Waals surface area contributed by atoms with Crippen LogP contribution < -0.4 is 9.47 Å². The fourth-order valence-corrected chi connectivity index (χ4v) is 4.00. The number of furan rings is 1. The van der Waals surface area contributed by atoms with Crippen LogP contribution in [0.25, 0.3) is 5.76 Å². The Labute approximate surface area is 203 Å². The molecule has 1 atom stereocenters. The molecular weight excluding hydrogens is 448 g/mol. The maximum atomic E-state index is 13.2. The molecule has 35 heavy (non-hydrogen) atoms. The predicted molar refractivity (Wildman–Crippen MR) is 129 cm³/mol. The number of pyridine rings is 1. The van der Waals surface area contributed by atoms with E-state index in [0.717, 1.165) is 6.42 Å². The molecule has 0 spiro atoms. The van der Waals surface area contributed by atoms with Crippen molar-refractivity contribution in [3.63, 3.8) is 0 Å². The number of methoxy groups -OCH3 is 1. The van der Waals surface area contributed by atoms with Gasteiger partial charge in [0.1, 0.15) is 11.5 Å². The van der Waals surface area contributed by atoms with E-state index in [1.807, 2.05) is 0 Å². The van der Waals surface area contributed by atoms with Gasteiger partial charge in [-0.3, -0.25) is 14.6 Å². The lowest BCUT2D eigenvalue weighted by Gasteiger charge is -2.25. The molecular formula is C27H28N2O6. The van der Waals surface area contributed by atoms with E-state index < -0.39 is 17.7 Å². The van der Waals surface area contributed by atoms with Gasteiger partial charge >= 0.3 is 0 Å². The summed E-state index contributed by atoms with van der Waals surface area (Å²) < 4.78 is 16.9. The first kappa shape index (κ1) is 24.1. The van der Waals surface area contributed by atoms with Gasteiger partial charge in [-0.1, -0.05) is 19.9 Å². The molecule has 0 radical (unpaired) electrons. The third-order valence-corrected chi connectivity index (χ3v) is 5.86. The Balaban J connectivity index is 1.79. The Morgan fingerprint density at radius 3 is 2.57 bits per heavy atom. The van der Waals surface area contributed by atoms with Crippen LogP contribution in [0.15, 0.2) is 71.1 Å². The molecule has 8 heteroatoms. The van der Waals surface area contributed by atoms with Crippen LogP contribution in [0.3, 0.4) is 0 Å². The number of carbonyl (C=O) groups is 2. The molecule has 1 amide bonds. The third kappa shape index (κ3) is 5.06. The fraction of sp³-hybridized carbons (Fsp3) is 0.296. The minimum atomic E-state index is -0.855. The summed E-state index contributed by atoms with van der Waals surface area (Å²) in [6.45, 7) is 4.83. The Kier molecular flexibility index (Phi) is 7.19. The van der Waals surface area contributed by atoms with Crippen molar-refractivity contribution in [3.8, 4) is 11.5 Å². The van der Waals surface area contributed by atoms with Crippen molar-refractivity contribution >= 4 is 17.4 Å². The largest absolute Gasteiger partial charge is 0.507 e. The molecule has 0 bridgehead atoms. The summed E-state index contributed by atoms with van der Waals surface area (Å²) >= 11 is 0. The molecule has 1 saturated heterocycles. The first-order valence-electron chi connectivity index (χ1n) is 11.4. The first-order valence-corrected chi connectivity index (χ1v) is 11.4. The topological polar surface area (TPSA) is 102 Å². The number of carbonyl (C=O) groups excluding carboxylic acids is 2. The summed E-state index contributed by atoms with van der Waals surface area (Å²) in [4.78, 5) is 31.6. The number of aromatic nitrogens is 1. The number of ketones is 1. The lowest BCUT2D eigenvalue weighted by Crippen LogP contribution is -2.29. The zero-order chi connectivity index (χ0) is 24.9. The molecule has 0 saturated carbocycles. The molecule has 3 aromatic rings. The molecule has 1 aliphatic rings. The van der Waals surface area contributed by atoms with Crippen LogP contribution in [0.4, 0.5) is 0 Å². The molecule has 182 valence electrons. The number of benzene rings is 1. The molecule has 2 aromatic heterocycles. The van der Waals surface area contributed by atoms with Crippen LogP contribution in [0.2, 0.25) is 0 Å². The number of rotatable bonds is 9. The van der Waals surface area contributed by atoms with Crippen molar-refractivity contribution in [2.45, 2.75) is 32.9 Å². The summed E-state index contributed by atoms with van der Waals surface area (Å²) in [5, 5.41) is 11.1. The van der Waals surface area contributed by atoms with Crippen LogP contribution in [0.1, 0.15) is 43.2 Å². The van der Waals surface area contributed by atoms with Gasteiger partial charge in [0, 0.05) is 18.0 Å². The summed E-state index contributed by atoms with van der Waals surface area (Å²) in [7, 11) is 1.53. The van der Waals surface area contributed by atoms with Gasteiger partial charge in [-0.15, -0.1) is 0 Å². The number of hydrogen-bond donors (Lipinski definition) is 1. The van der Waals surface area contributed by atoms with Crippen LogP contribution in [-0.4, -0.2) is 40.4 Å². The van der Waals surface area contributed by atoms with Crippen molar-refractivity contribution in [1.29, 1.82) is 0 Å². The number of ether oxygens (including phenoxy) is 2. The number of amides is 1. The monoisotopic (exact) mass is 476 g/mol. The Morgan fingerprint density at radius 1 is 1.14 bits per heavy atom. The maximum absolute atomic E-state index is 13.2. The quantitative estimate of drug-likeness (QED) is 0.271. The summed E-state index contributed by atoms with van der Waals surface area (Å²) in [6, 6.07) is 11.0. The molecule has 1 N–H and O–H groups in total. The molecule has 1 fully saturated rings. The summed E-state index contributed by atoms with van der Waals surface area (Å²) in [5.41, 5.74) is 0.976. The smallest absolute Gasteiger partial charge is 0.296 e. The highest BCUT2D eigenvalue weighted by Gasteiger charge is 2.46. The van der Waals surface area contributed by atoms with Gasteiger partial charge in [0.15, 0.2) is 11.5 Å². The second kappa shape index (κ2) is 10.5. The highest BCUT2D eigenvalue weighted by molar-refractivity contribution is 6.46. The minimum Gasteiger partial charge on any atom is -0.507 e. The lowest BCUT2D eigenvalue weighted by atomic mass is 9.95. The second-order valence-corrected chi connectivity index (χ2v) is 8.68. The van der Waals surface area contributed by atoms with Gasteiger partial charge < -0.3 is 23.9 Å². The van der Waals surface area contributed by atoms with E-state index in [1.54, 1.807) is 42.5 Å². The van der Waals surface area contributed by atoms with E-state index in [9.17, 15) is 14.7 Å². The number of hydrogen-bond acceptors (Lipinski definition) is 7. The number of nitrogens with zero attached hydrogens (tertiary/aromatic N) is 2. The minimum absolute atomic E-state index is 0.0108. The van der Waals surface area contributed by atoms with Crippen molar-refractivity contribution < 1.29 is 28.6 Å². The van der Waals surface area contributed by atoms with Crippen molar-refractivity contribution in [1.82, 2.24) is 9.88 Å². The number of likely N-dealkylation sites (tertiary alicyclic amines) is 1. The molecule has 4 rings (SSSR count). The highest BCUT2D eigenvalue weighted by Crippen LogP contribution is 2.42. The molecule has 0 aliphatic carbocycles. The Hall–Kier alpha value is -4.07. The zero-order valence-electron chi connectivity index (χ0n) is 19.9. The Morgan fingerprint density at radius 2 is 1.91 bits per heavy atom. The van der Waals surface area contributed by atoms with Crippen LogP contribution >= 0.6 is 0 Å². The molecule has 3 heterocycles. The van der Waals surface area contributed by atoms with Gasteiger partial charge in [-0.2, -0.15) is 0 Å². The van der Waals surface area contributed by atoms with Gasteiger partial charge in [0.05, 0.1) is 38.1 Å². The number of aliphatic hydroxyl groups is 1. The molecule has 8 nitrogen and oxygen atoms in total. The number of Topliss-reactive ketones (excluding diaryl/α,β-unsaturated/α-hetero) is 1. The highest BCUT2D eigenvalue weighted by atomic mass is 16.5. The Bertz CT molecular complexity index is 1220. The van der Waals surface area contributed by atoms with Gasteiger partial charge in [0.2, 0.25) is 0 Å². The standard InChI is InChI=1S/C27H28N2O6/c1-17(2)10-14-35-21-7-6-19(15-22(21)33-3)24-23(25(30)18-8-11-28-12-9-18)26(31)27(32)29(24)16-20-5-4-13-34-20/h4-9,11-13,15,17,24,30H,10,14,16H2,1-3H3/b25-23+. The zero-order valence-corrected chi connectivity index (χ0v) is 19.9. The maximum Gasteiger partial charge on any atom is 0.296 e. The third-order valence-electron chi connectivity index (χ3n) is 5.86. The van der Waals surface area contributed by atoms with Gasteiger partial charge in [-0.05, 0) is 54.3 Å². The van der Waals surface area contributed by atoms with E-state index in [2.05, 4.69) is 18.8 Å².